The number of nitrogens with zero attached hydrogens (tertiary/aromatic N) is 2. The third-order valence-electron chi connectivity index (χ3n) is 9.16. The number of aliphatic hydroxyl groups excluding tert-OH is 2. The molecule has 0 unspecified atom stereocenters. The number of carbonyl (C=O) groups is 3. The molecule has 0 spiro atoms. The van der Waals surface area contributed by atoms with Crippen LogP contribution in [0.3, 0.4) is 0 Å². The van der Waals surface area contributed by atoms with Crippen LogP contribution >= 0.6 is 0 Å². The summed E-state index contributed by atoms with van der Waals surface area (Å²) in [7, 11) is 5.20. The van der Waals surface area contributed by atoms with Gasteiger partial charge in [-0.25, -0.2) is 0 Å². The van der Waals surface area contributed by atoms with Crippen LogP contribution < -0.4 is 5.73 Å². The standard InChI is InChI=1S/C32H37N3O7/c1-15(2)35(5)14-16-7-6-8-17(11-16)19-9-10-22(36)24-20(19)12-18-13-21-26(34(3)4)28(38)25(31(33)41)30(40)32(21,42)29(39)23(18)27(24)37/h6-11,15,18,21,26,36-37,40,42H,12-14H2,1-5H3,(H2,33,41)/t18-,21-,26-,32-/m0/s1. The second-order valence-electron chi connectivity index (χ2n) is 12.2. The Balaban J connectivity index is 1.67. The maximum absolute atomic E-state index is 14.0. The fourth-order valence-electron chi connectivity index (χ4n) is 6.82. The number of primary amides is 1. The highest BCUT2D eigenvalue weighted by Crippen LogP contribution is 2.53. The van der Waals surface area contributed by atoms with Gasteiger partial charge in [0.05, 0.1) is 11.6 Å². The van der Waals surface area contributed by atoms with Gasteiger partial charge in [-0.1, -0.05) is 24.3 Å². The molecular weight excluding hydrogens is 538 g/mol. The predicted molar refractivity (Wildman–Crippen MR) is 156 cm³/mol. The lowest BCUT2D eigenvalue weighted by molar-refractivity contribution is -0.153. The number of benzene rings is 2. The second-order valence-corrected chi connectivity index (χ2v) is 12.2. The number of fused-ring (bicyclic) bond motifs is 3. The van der Waals surface area contributed by atoms with Crippen LogP contribution in [0.25, 0.3) is 16.9 Å². The molecule has 1 fully saturated rings. The van der Waals surface area contributed by atoms with Crippen molar-refractivity contribution in [2.75, 3.05) is 21.1 Å². The number of likely N-dealkylation sites (N-methyl/N-ethyl adjacent to an activating group) is 1. The molecule has 2 aromatic rings. The molecule has 4 atom stereocenters. The van der Waals surface area contributed by atoms with Gasteiger partial charge in [0.15, 0.2) is 11.4 Å². The summed E-state index contributed by atoms with van der Waals surface area (Å²) in [6.07, 6.45) is 0.272. The third kappa shape index (κ3) is 4.33. The highest BCUT2D eigenvalue weighted by Gasteiger charge is 2.64. The van der Waals surface area contributed by atoms with Crippen molar-refractivity contribution in [3.8, 4) is 16.9 Å². The number of nitrogens with two attached hydrogens (primary N) is 1. The minimum absolute atomic E-state index is 0.0417. The van der Waals surface area contributed by atoms with Crippen molar-refractivity contribution >= 4 is 23.2 Å². The number of hydrogen-bond acceptors (Lipinski definition) is 9. The second kappa shape index (κ2) is 10.4. The first-order valence-electron chi connectivity index (χ1n) is 14.0. The summed E-state index contributed by atoms with van der Waals surface area (Å²) in [5.74, 6) is -6.65. The molecule has 3 aliphatic carbocycles. The lowest BCUT2D eigenvalue weighted by Crippen LogP contribution is -2.65. The number of ketones is 2. The summed E-state index contributed by atoms with van der Waals surface area (Å²) >= 11 is 0. The van der Waals surface area contributed by atoms with Crippen molar-refractivity contribution in [3.05, 3.63) is 70.0 Å². The number of rotatable bonds is 6. The number of phenolic OH excluding ortho intramolecular Hbond substituents is 1. The van der Waals surface area contributed by atoms with Crippen LogP contribution in [-0.2, 0) is 27.3 Å². The van der Waals surface area contributed by atoms with Crippen LogP contribution in [0.15, 0.2) is 53.3 Å². The first-order valence-corrected chi connectivity index (χ1v) is 14.0. The number of carbonyl (C=O) groups excluding carboxylic acids is 3. The minimum Gasteiger partial charge on any atom is -0.508 e. The van der Waals surface area contributed by atoms with Gasteiger partial charge < -0.3 is 26.2 Å². The number of aromatic hydroxyl groups is 1. The molecule has 0 heterocycles. The molecule has 222 valence electrons. The van der Waals surface area contributed by atoms with E-state index in [1.807, 2.05) is 25.2 Å². The average molecular weight is 576 g/mol. The molecule has 42 heavy (non-hydrogen) atoms. The third-order valence-corrected chi connectivity index (χ3v) is 9.16. The summed E-state index contributed by atoms with van der Waals surface area (Å²) in [5, 5.41) is 45.2. The Kier molecular flexibility index (Phi) is 7.29. The molecule has 3 aliphatic rings. The Morgan fingerprint density at radius 3 is 2.40 bits per heavy atom. The molecule has 10 nitrogen and oxygen atoms in total. The van der Waals surface area contributed by atoms with E-state index in [0.29, 0.717) is 11.6 Å². The molecule has 10 heteroatoms. The first kappa shape index (κ1) is 29.5. The summed E-state index contributed by atoms with van der Waals surface area (Å²) in [6.45, 7) is 4.96. The molecule has 1 amide bonds. The summed E-state index contributed by atoms with van der Waals surface area (Å²) in [5.41, 5.74) is 5.18. The van der Waals surface area contributed by atoms with Gasteiger partial charge in [0.1, 0.15) is 22.8 Å². The maximum Gasteiger partial charge on any atom is 0.255 e. The SMILES string of the molecule is CC(C)N(C)Cc1cccc(-c2ccc(O)c3c2C[C@H]2C[C@H]4[C@H](N(C)C)C(=O)C(C(N)=O)=C(O)[C@@]4(O)C(=O)C2=C3O)c1. The molecular formula is C32H37N3O7. The largest absolute Gasteiger partial charge is 0.508 e. The zero-order chi connectivity index (χ0) is 30.8. The fourth-order valence-corrected chi connectivity index (χ4v) is 6.82. The molecule has 0 radical (unpaired) electrons. The average Bonchev–Trinajstić information content (AvgIpc) is 2.90. The van der Waals surface area contributed by atoms with E-state index in [0.717, 1.165) is 23.2 Å². The van der Waals surface area contributed by atoms with E-state index in [2.05, 4.69) is 24.8 Å². The molecule has 6 N–H and O–H groups in total. The van der Waals surface area contributed by atoms with Gasteiger partial charge in [0, 0.05) is 24.1 Å². The van der Waals surface area contributed by atoms with Crippen LogP contribution in [0.1, 0.15) is 37.0 Å². The van der Waals surface area contributed by atoms with E-state index >= 15 is 0 Å². The van der Waals surface area contributed by atoms with Gasteiger partial charge in [-0.2, -0.15) is 0 Å². The van der Waals surface area contributed by atoms with Crippen molar-refractivity contribution in [3.63, 3.8) is 0 Å². The first-order chi connectivity index (χ1) is 19.7. The van der Waals surface area contributed by atoms with Crippen LogP contribution in [0.4, 0.5) is 0 Å². The maximum atomic E-state index is 14.0. The van der Waals surface area contributed by atoms with E-state index < -0.39 is 58.0 Å². The monoisotopic (exact) mass is 575 g/mol. The van der Waals surface area contributed by atoms with Gasteiger partial charge in [-0.15, -0.1) is 0 Å². The number of amides is 1. The number of aliphatic hydroxyl groups is 3. The van der Waals surface area contributed by atoms with Crippen LogP contribution in [0.5, 0.6) is 5.75 Å². The molecule has 1 saturated carbocycles. The summed E-state index contributed by atoms with van der Waals surface area (Å²) in [6, 6.07) is 10.4. The summed E-state index contributed by atoms with van der Waals surface area (Å²) < 4.78 is 0. The Morgan fingerprint density at radius 1 is 1.10 bits per heavy atom. The van der Waals surface area contributed by atoms with Gasteiger partial charge >= 0.3 is 0 Å². The Labute approximate surface area is 244 Å². The van der Waals surface area contributed by atoms with Crippen LogP contribution in [0, 0.1) is 11.8 Å². The number of Topliss-reactive ketones (excluding diaryl/α,β-unsaturated/α-hetero) is 2. The zero-order valence-corrected chi connectivity index (χ0v) is 24.4. The quantitative estimate of drug-likeness (QED) is 0.326. The molecule has 0 saturated heterocycles. The highest BCUT2D eigenvalue weighted by molar-refractivity contribution is 6.24. The molecule has 0 aromatic heterocycles. The molecule has 0 aliphatic heterocycles. The Hall–Kier alpha value is -3.99. The van der Waals surface area contributed by atoms with E-state index in [1.165, 1.54) is 11.0 Å². The van der Waals surface area contributed by atoms with Gasteiger partial charge in [0.2, 0.25) is 5.78 Å². The predicted octanol–water partition coefficient (Wildman–Crippen LogP) is 2.47. The van der Waals surface area contributed by atoms with E-state index in [9.17, 15) is 34.8 Å². The highest BCUT2D eigenvalue weighted by atomic mass is 16.3. The van der Waals surface area contributed by atoms with Crippen molar-refractivity contribution < 1.29 is 34.8 Å². The van der Waals surface area contributed by atoms with Gasteiger partial charge in [-0.3, -0.25) is 24.2 Å². The Bertz CT molecular complexity index is 1570. The van der Waals surface area contributed by atoms with E-state index in [-0.39, 0.29) is 29.7 Å². The minimum atomic E-state index is -2.66. The molecule has 0 bridgehead atoms. The zero-order valence-electron chi connectivity index (χ0n) is 24.4. The van der Waals surface area contributed by atoms with E-state index in [4.69, 9.17) is 5.73 Å². The lowest BCUT2D eigenvalue weighted by atomic mass is 9.57. The van der Waals surface area contributed by atoms with Crippen LogP contribution in [0.2, 0.25) is 0 Å². The van der Waals surface area contributed by atoms with Gasteiger partial charge in [-0.05, 0) is 88.1 Å². The van der Waals surface area contributed by atoms with Crippen molar-refractivity contribution in [1.29, 1.82) is 0 Å². The van der Waals surface area contributed by atoms with Crippen LogP contribution in [-0.4, -0.2) is 86.5 Å². The number of phenols is 1. The van der Waals surface area contributed by atoms with Crippen molar-refractivity contribution in [1.82, 2.24) is 9.80 Å². The number of hydrogen-bond donors (Lipinski definition) is 5. The molecule has 2 aromatic carbocycles. The Morgan fingerprint density at radius 2 is 1.79 bits per heavy atom. The summed E-state index contributed by atoms with van der Waals surface area (Å²) in [4.78, 5) is 43.2. The van der Waals surface area contributed by atoms with Crippen molar-refractivity contribution in [2.45, 2.75) is 50.9 Å². The van der Waals surface area contributed by atoms with E-state index in [1.54, 1.807) is 20.2 Å². The smallest absolute Gasteiger partial charge is 0.255 e. The van der Waals surface area contributed by atoms with Crippen molar-refractivity contribution in [2.24, 2.45) is 17.6 Å². The fraction of sp³-hybridized carbons (Fsp3) is 0.406. The van der Waals surface area contributed by atoms with Gasteiger partial charge in [0.25, 0.3) is 5.91 Å². The molecule has 5 rings (SSSR count). The lowest BCUT2D eigenvalue weighted by Gasteiger charge is -2.50. The normalized spacial score (nSPS) is 25.7. The topological polar surface area (TPSA) is 165 Å².